The third kappa shape index (κ3) is 2.44. The van der Waals surface area contributed by atoms with Gasteiger partial charge in [-0.1, -0.05) is 0 Å². The van der Waals surface area contributed by atoms with E-state index in [4.69, 9.17) is 9.47 Å². The van der Waals surface area contributed by atoms with Crippen molar-refractivity contribution in [3.8, 4) is 11.5 Å². The van der Waals surface area contributed by atoms with Crippen LogP contribution < -0.4 is 19.7 Å². The molecule has 2 heterocycles. The standard InChI is InChI=1S/C16H24N2O2/c1-19-13-3-4-15(20-2)14(11-13)18-10-7-16(12-18)5-8-17-9-6-16/h3-4,11,17H,5-10,12H2,1-2H3. The summed E-state index contributed by atoms with van der Waals surface area (Å²) in [4.78, 5) is 2.46. The highest BCUT2D eigenvalue weighted by molar-refractivity contribution is 5.62. The maximum atomic E-state index is 5.52. The summed E-state index contributed by atoms with van der Waals surface area (Å²) < 4.78 is 10.9. The number of nitrogens with one attached hydrogen (secondary N) is 1. The summed E-state index contributed by atoms with van der Waals surface area (Å²) in [6.45, 7) is 4.56. The first-order valence-corrected chi connectivity index (χ1v) is 7.44. The second-order valence-electron chi connectivity index (χ2n) is 5.96. The molecule has 4 heteroatoms. The van der Waals surface area contributed by atoms with Gasteiger partial charge in [-0.3, -0.25) is 0 Å². The molecule has 1 aromatic carbocycles. The Hall–Kier alpha value is -1.42. The molecule has 0 radical (unpaired) electrons. The lowest BCUT2D eigenvalue weighted by Gasteiger charge is -2.34. The zero-order valence-electron chi connectivity index (χ0n) is 12.4. The Bertz CT molecular complexity index is 470. The van der Waals surface area contributed by atoms with Gasteiger partial charge >= 0.3 is 0 Å². The monoisotopic (exact) mass is 276 g/mol. The minimum atomic E-state index is 0.499. The smallest absolute Gasteiger partial charge is 0.142 e. The molecule has 1 N–H and O–H groups in total. The SMILES string of the molecule is COc1ccc(OC)c(N2CCC3(CCNCC3)C2)c1. The highest BCUT2D eigenvalue weighted by Gasteiger charge is 2.39. The van der Waals surface area contributed by atoms with E-state index < -0.39 is 0 Å². The van der Waals surface area contributed by atoms with Crippen molar-refractivity contribution in [3.63, 3.8) is 0 Å². The first kappa shape index (κ1) is 13.6. The Morgan fingerprint density at radius 3 is 2.60 bits per heavy atom. The van der Waals surface area contributed by atoms with E-state index in [-0.39, 0.29) is 0 Å². The normalized spacial score (nSPS) is 21.2. The van der Waals surface area contributed by atoms with Crippen LogP contribution in [0.3, 0.4) is 0 Å². The van der Waals surface area contributed by atoms with Crippen molar-refractivity contribution in [3.05, 3.63) is 18.2 Å². The second-order valence-corrected chi connectivity index (χ2v) is 5.96. The molecule has 1 aromatic rings. The van der Waals surface area contributed by atoms with Crippen LogP contribution in [-0.4, -0.2) is 40.4 Å². The number of nitrogens with zero attached hydrogens (tertiary/aromatic N) is 1. The minimum absolute atomic E-state index is 0.499. The summed E-state index contributed by atoms with van der Waals surface area (Å²) in [5.41, 5.74) is 1.67. The van der Waals surface area contributed by atoms with Crippen LogP contribution >= 0.6 is 0 Å². The molecule has 0 saturated carbocycles. The molecule has 2 aliphatic rings. The molecule has 110 valence electrons. The first-order valence-electron chi connectivity index (χ1n) is 7.44. The lowest BCUT2D eigenvalue weighted by molar-refractivity contribution is 0.232. The Labute approximate surface area is 121 Å². The largest absolute Gasteiger partial charge is 0.497 e. The van der Waals surface area contributed by atoms with Gasteiger partial charge in [-0.05, 0) is 49.9 Å². The number of anilines is 1. The quantitative estimate of drug-likeness (QED) is 0.918. The maximum Gasteiger partial charge on any atom is 0.142 e. The van der Waals surface area contributed by atoms with Gasteiger partial charge in [-0.2, -0.15) is 0 Å². The zero-order chi connectivity index (χ0) is 14.0. The van der Waals surface area contributed by atoms with E-state index in [0.29, 0.717) is 5.41 Å². The van der Waals surface area contributed by atoms with Crippen molar-refractivity contribution < 1.29 is 9.47 Å². The summed E-state index contributed by atoms with van der Waals surface area (Å²) in [6.07, 6.45) is 3.86. The lowest BCUT2D eigenvalue weighted by Crippen LogP contribution is -2.38. The minimum Gasteiger partial charge on any atom is -0.497 e. The van der Waals surface area contributed by atoms with E-state index >= 15 is 0 Å². The molecule has 4 nitrogen and oxygen atoms in total. The van der Waals surface area contributed by atoms with Crippen LogP contribution in [0.15, 0.2) is 18.2 Å². The molecule has 0 aliphatic carbocycles. The van der Waals surface area contributed by atoms with Crippen molar-refractivity contribution in [1.29, 1.82) is 0 Å². The topological polar surface area (TPSA) is 33.7 Å². The number of piperidine rings is 1. The van der Waals surface area contributed by atoms with Crippen LogP contribution in [0.1, 0.15) is 19.3 Å². The summed E-state index contributed by atoms with van der Waals surface area (Å²) >= 11 is 0. The highest BCUT2D eigenvalue weighted by atomic mass is 16.5. The van der Waals surface area contributed by atoms with Crippen LogP contribution in [0.25, 0.3) is 0 Å². The third-order valence-electron chi connectivity index (χ3n) is 4.83. The molecule has 2 fully saturated rings. The predicted octanol–water partition coefficient (Wildman–Crippen LogP) is 2.28. The maximum absolute atomic E-state index is 5.52. The molecule has 0 unspecified atom stereocenters. The molecular formula is C16H24N2O2. The Morgan fingerprint density at radius 1 is 1.10 bits per heavy atom. The van der Waals surface area contributed by atoms with Crippen LogP contribution in [0, 0.1) is 5.41 Å². The fourth-order valence-corrected chi connectivity index (χ4v) is 3.55. The second kappa shape index (κ2) is 5.52. The first-order chi connectivity index (χ1) is 9.76. The lowest BCUT2D eigenvalue weighted by atomic mass is 9.78. The molecule has 0 amide bonds. The van der Waals surface area contributed by atoms with Gasteiger partial charge in [0.15, 0.2) is 0 Å². The summed E-state index contributed by atoms with van der Waals surface area (Å²) in [6, 6.07) is 6.05. The van der Waals surface area contributed by atoms with E-state index in [9.17, 15) is 0 Å². The molecule has 0 bridgehead atoms. The van der Waals surface area contributed by atoms with Crippen LogP contribution in [0.4, 0.5) is 5.69 Å². The zero-order valence-corrected chi connectivity index (χ0v) is 12.4. The molecular weight excluding hydrogens is 252 g/mol. The van der Waals surface area contributed by atoms with Gasteiger partial charge in [0.1, 0.15) is 11.5 Å². The predicted molar refractivity (Wildman–Crippen MR) is 80.9 cm³/mol. The Kier molecular flexibility index (Phi) is 3.74. The van der Waals surface area contributed by atoms with Crippen LogP contribution in [-0.2, 0) is 0 Å². The molecule has 1 spiro atoms. The van der Waals surface area contributed by atoms with Gasteiger partial charge in [0, 0.05) is 19.2 Å². The fraction of sp³-hybridized carbons (Fsp3) is 0.625. The summed E-state index contributed by atoms with van der Waals surface area (Å²) in [5, 5.41) is 3.47. The summed E-state index contributed by atoms with van der Waals surface area (Å²) in [5.74, 6) is 1.84. The fourth-order valence-electron chi connectivity index (χ4n) is 3.55. The highest BCUT2D eigenvalue weighted by Crippen LogP contribution is 2.43. The molecule has 0 atom stereocenters. The van der Waals surface area contributed by atoms with E-state index in [1.54, 1.807) is 14.2 Å². The molecule has 20 heavy (non-hydrogen) atoms. The number of ether oxygens (including phenoxy) is 2. The van der Waals surface area contributed by atoms with Gasteiger partial charge in [-0.15, -0.1) is 0 Å². The Balaban J connectivity index is 1.82. The number of methoxy groups -OCH3 is 2. The van der Waals surface area contributed by atoms with Crippen LogP contribution in [0.5, 0.6) is 11.5 Å². The van der Waals surface area contributed by atoms with Crippen LogP contribution in [0.2, 0.25) is 0 Å². The van der Waals surface area contributed by atoms with Gasteiger partial charge in [0.2, 0.25) is 0 Å². The molecule has 0 aromatic heterocycles. The van der Waals surface area contributed by atoms with Crippen molar-refractivity contribution in [1.82, 2.24) is 5.32 Å². The number of rotatable bonds is 3. The van der Waals surface area contributed by atoms with E-state index in [0.717, 1.165) is 37.7 Å². The molecule has 3 rings (SSSR count). The number of benzene rings is 1. The van der Waals surface area contributed by atoms with Gasteiger partial charge < -0.3 is 19.7 Å². The van der Waals surface area contributed by atoms with E-state index in [2.05, 4.69) is 16.3 Å². The van der Waals surface area contributed by atoms with Crippen molar-refractivity contribution >= 4 is 5.69 Å². The number of hydrogen-bond acceptors (Lipinski definition) is 4. The van der Waals surface area contributed by atoms with Crippen molar-refractivity contribution in [2.45, 2.75) is 19.3 Å². The van der Waals surface area contributed by atoms with Gasteiger partial charge in [-0.25, -0.2) is 0 Å². The molecule has 2 aliphatic heterocycles. The average molecular weight is 276 g/mol. The summed E-state index contributed by atoms with van der Waals surface area (Å²) in [7, 11) is 3.45. The van der Waals surface area contributed by atoms with E-state index in [1.807, 2.05) is 12.1 Å². The van der Waals surface area contributed by atoms with E-state index in [1.165, 1.54) is 24.9 Å². The van der Waals surface area contributed by atoms with Gasteiger partial charge in [0.25, 0.3) is 0 Å². The van der Waals surface area contributed by atoms with Gasteiger partial charge in [0.05, 0.1) is 19.9 Å². The van der Waals surface area contributed by atoms with Crippen molar-refractivity contribution in [2.75, 3.05) is 45.3 Å². The van der Waals surface area contributed by atoms with Crippen molar-refractivity contribution in [2.24, 2.45) is 5.41 Å². The molecule has 2 saturated heterocycles. The average Bonchev–Trinajstić information content (AvgIpc) is 2.90. The Morgan fingerprint density at radius 2 is 1.90 bits per heavy atom. The number of hydrogen-bond donors (Lipinski definition) is 1. The third-order valence-corrected chi connectivity index (χ3v) is 4.83.